The van der Waals surface area contributed by atoms with E-state index in [2.05, 4.69) is 211 Å². The first-order valence-corrected chi connectivity index (χ1v) is 21.7. The Morgan fingerprint density at radius 3 is 1.82 bits per heavy atom. The number of hydrogen-bond donors (Lipinski definition) is 0. The number of rotatable bonds is 5. The molecule has 1 spiro atoms. The van der Waals surface area contributed by atoms with E-state index in [1.165, 1.54) is 88.7 Å². The van der Waals surface area contributed by atoms with E-state index < -0.39 is 0 Å². The van der Waals surface area contributed by atoms with Gasteiger partial charge in [0.05, 0.1) is 11.5 Å². The van der Waals surface area contributed by atoms with Crippen LogP contribution in [0, 0.1) is 0 Å². The summed E-state index contributed by atoms with van der Waals surface area (Å²) in [7, 11) is 0. The zero-order valence-electron chi connectivity index (χ0n) is 33.7. The summed E-state index contributed by atoms with van der Waals surface area (Å²) in [5, 5.41) is 2.46. The van der Waals surface area contributed by atoms with Gasteiger partial charge in [0.15, 0.2) is 0 Å². The third-order valence-electron chi connectivity index (χ3n) is 13.9. The Bertz CT molecular complexity index is 3230. The third kappa shape index (κ3) is 4.97. The minimum atomic E-state index is -0.369. The van der Waals surface area contributed by atoms with Crippen molar-refractivity contribution >= 4 is 33.8 Å². The summed E-state index contributed by atoms with van der Waals surface area (Å²) in [6, 6.07) is 69.8. The van der Waals surface area contributed by atoms with Crippen LogP contribution in [0.5, 0.6) is 0 Å². The molecule has 288 valence electrons. The van der Waals surface area contributed by atoms with E-state index >= 15 is 0 Å². The zero-order valence-corrected chi connectivity index (χ0v) is 33.7. The van der Waals surface area contributed by atoms with E-state index in [0.29, 0.717) is 0 Å². The van der Waals surface area contributed by atoms with Crippen LogP contribution in [0.25, 0.3) is 55.8 Å². The molecule has 0 radical (unpaired) electrons. The molecule has 4 aliphatic carbocycles. The van der Waals surface area contributed by atoms with Gasteiger partial charge in [-0.3, -0.25) is 0 Å². The number of fused-ring (bicyclic) bond motifs is 14. The fraction of sp³-hybridized carbons (Fsp3) is 0.0847. The Hall–Kier alpha value is -7.42. The molecule has 4 aliphatic rings. The molecule has 0 saturated heterocycles. The highest BCUT2D eigenvalue weighted by atomic mass is 16.3. The van der Waals surface area contributed by atoms with E-state index in [9.17, 15) is 0 Å². The molecule has 0 amide bonds. The third-order valence-corrected chi connectivity index (χ3v) is 13.9. The van der Waals surface area contributed by atoms with E-state index in [-0.39, 0.29) is 11.5 Å². The fourth-order valence-corrected chi connectivity index (χ4v) is 11.3. The number of benzene rings is 8. The quantitative estimate of drug-likeness (QED) is 0.173. The van der Waals surface area contributed by atoms with Crippen molar-refractivity contribution in [1.29, 1.82) is 0 Å². The Labute approximate surface area is 356 Å². The van der Waals surface area contributed by atoms with Gasteiger partial charge < -0.3 is 9.32 Å². The number of hydrogen-bond acceptors (Lipinski definition) is 2. The maximum atomic E-state index is 7.12. The van der Waals surface area contributed by atoms with Crippen LogP contribution in [-0.2, 0) is 11.8 Å². The van der Waals surface area contributed by atoms with Crippen molar-refractivity contribution in [2.75, 3.05) is 4.90 Å². The standard InChI is InChI=1S/C59H41NO/c1-2-15-40(16-3-1)45-21-12-22-50-51-23-13-27-56(58(51)61-57(45)50)60(44-34-30-38-14-4-5-17-41(38)36-44)43-32-28-39(29-33-43)42-31-35-49-48-20-8-11-26-54(48)59(55(49)37-42)52-24-9-6-18-46(52)47-19-7-10-25-53(47)59/h1-11,13-21,23-26,28-37,56H,12,22,27H2. The molecular formula is C59H41NO. The van der Waals surface area contributed by atoms with Gasteiger partial charge in [0.2, 0.25) is 0 Å². The average molecular weight is 780 g/mol. The van der Waals surface area contributed by atoms with Gasteiger partial charge in [-0.15, -0.1) is 0 Å². The van der Waals surface area contributed by atoms with Crippen molar-refractivity contribution in [3.05, 3.63) is 251 Å². The van der Waals surface area contributed by atoms with E-state index in [1.807, 2.05) is 0 Å². The Kier molecular flexibility index (Phi) is 7.51. The van der Waals surface area contributed by atoms with Gasteiger partial charge in [-0.1, -0.05) is 176 Å². The SMILES string of the molecule is C1=Cc2c(oc3c2CCC=C3c2ccccc2)C(N(c2ccc(-c3ccc4c(c3)C3(c5ccccc5-c5ccccc53)c3ccccc3-4)cc2)c2ccc3ccccc3c2)C1. The Morgan fingerprint density at radius 2 is 1.10 bits per heavy atom. The molecule has 1 heterocycles. The molecule has 61 heavy (non-hydrogen) atoms. The van der Waals surface area contributed by atoms with Gasteiger partial charge in [0.25, 0.3) is 0 Å². The number of nitrogens with zero attached hydrogens (tertiary/aromatic N) is 1. The van der Waals surface area contributed by atoms with Crippen LogP contribution in [0.4, 0.5) is 11.4 Å². The molecule has 0 aliphatic heterocycles. The average Bonchev–Trinajstić information content (AvgIpc) is 3.97. The number of allylic oxidation sites excluding steroid dienone is 1. The molecular weight excluding hydrogens is 739 g/mol. The molecule has 2 heteroatoms. The van der Waals surface area contributed by atoms with Crippen LogP contribution in [-0.4, -0.2) is 0 Å². The van der Waals surface area contributed by atoms with Crippen molar-refractivity contribution in [1.82, 2.24) is 0 Å². The predicted molar refractivity (Wildman–Crippen MR) is 251 cm³/mol. The van der Waals surface area contributed by atoms with Gasteiger partial charge >= 0.3 is 0 Å². The van der Waals surface area contributed by atoms with E-state index in [0.717, 1.165) is 42.2 Å². The van der Waals surface area contributed by atoms with E-state index in [1.54, 1.807) is 0 Å². The van der Waals surface area contributed by atoms with Crippen LogP contribution in [0.3, 0.4) is 0 Å². The molecule has 1 unspecified atom stereocenters. The van der Waals surface area contributed by atoms with Crippen molar-refractivity contribution < 1.29 is 4.42 Å². The molecule has 2 nitrogen and oxygen atoms in total. The molecule has 13 rings (SSSR count). The second-order valence-electron chi connectivity index (χ2n) is 17.0. The molecule has 0 fully saturated rings. The first-order chi connectivity index (χ1) is 30.3. The Balaban J connectivity index is 0.941. The van der Waals surface area contributed by atoms with Crippen molar-refractivity contribution in [3.63, 3.8) is 0 Å². The monoisotopic (exact) mass is 779 g/mol. The minimum Gasteiger partial charge on any atom is -0.458 e. The first kappa shape index (κ1) is 34.4. The maximum Gasteiger partial charge on any atom is 0.138 e. The lowest BCUT2D eigenvalue weighted by Gasteiger charge is -2.34. The topological polar surface area (TPSA) is 16.4 Å². The Morgan fingerprint density at radius 1 is 0.492 bits per heavy atom. The minimum absolute atomic E-state index is 0.0181. The lowest BCUT2D eigenvalue weighted by atomic mass is 9.70. The normalized spacial score (nSPS) is 16.0. The van der Waals surface area contributed by atoms with Gasteiger partial charge in [-0.25, -0.2) is 0 Å². The molecule has 0 bridgehead atoms. The van der Waals surface area contributed by atoms with Crippen molar-refractivity contribution in [2.45, 2.75) is 30.7 Å². The van der Waals surface area contributed by atoms with Crippen LogP contribution in [0.2, 0.25) is 0 Å². The zero-order chi connectivity index (χ0) is 40.1. The smallest absolute Gasteiger partial charge is 0.138 e. The van der Waals surface area contributed by atoms with Crippen molar-refractivity contribution in [2.24, 2.45) is 0 Å². The maximum absolute atomic E-state index is 7.12. The highest BCUT2D eigenvalue weighted by Crippen LogP contribution is 2.63. The van der Waals surface area contributed by atoms with Gasteiger partial charge in [0.1, 0.15) is 11.5 Å². The largest absolute Gasteiger partial charge is 0.458 e. The summed E-state index contributed by atoms with van der Waals surface area (Å²) in [6.45, 7) is 0. The van der Waals surface area contributed by atoms with Gasteiger partial charge in [0, 0.05) is 28.1 Å². The molecule has 1 atom stereocenters. The second kappa shape index (κ2) is 13.3. The van der Waals surface area contributed by atoms with E-state index in [4.69, 9.17) is 4.42 Å². The summed E-state index contributed by atoms with van der Waals surface area (Å²) >= 11 is 0. The number of anilines is 2. The van der Waals surface area contributed by atoms with Crippen molar-refractivity contribution in [3.8, 4) is 33.4 Å². The second-order valence-corrected chi connectivity index (χ2v) is 17.0. The fourth-order valence-electron chi connectivity index (χ4n) is 11.3. The molecule has 8 aromatic carbocycles. The summed E-state index contributed by atoms with van der Waals surface area (Å²) in [5.74, 6) is 2.07. The summed E-state index contributed by atoms with van der Waals surface area (Å²) in [4.78, 5) is 2.51. The lowest BCUT2D eigenvalue weighted by Crippen LogP contribution is -2.25. The molecule has 0 saturated carbocycles. The number of furan rings is 1. The lowest BCUT2D eigenvalue weighted by molar-refractivity contribution is 0.451. The summed E-state index contributed by atoms with van der Waals surface area (Å²) < 4.78 is 7.12. The van der Waals surface area contributed by atoms with Crippen LogP contribution >= 0.6 is 0 Å². The van der Waals surface area contributed by atoms with Gasteiger partial charge in [-0.2, -0.15) is 0 Å². The highest BCUT2D eigenvalue weighted by molar-refractivity contribution is 5.96. The van der Waals surface area contributed by atoms with Crippen LogP contribution in [0.1, 0.15) is 69.3 Å². The summed E-state index contributed by atoms with van der Waals surface area (Å²) in [5.41, 5.74) is 20.1. The van der Waals surface area contributed by atoms with Crippen LogP contribution in [0.15, 0.2) is 205 Å². The summed E-state index contributed by atoms with van der Waals surface area (Å²) in [6.07, 6.45) is 9.85. The molecule has 1 aromatic heterocycles. The molecule has 9 aromatic rings. The molecule has 0 N–H and O–H groups in total. The predicted octanol–water partition coefficient (Wildman–Crippen LogP) is 15.1. The van der Waals surface area contributed by atoms with Gasteiger partial charge in [-0.05, 0) is 122 Å². The highest BCUT2D eigenvalue weighted by Gasteiger charge is 2.51. The van der Waals surface area contributed by atoms with Crippen LogP contribution < -0.4 is 4.90 Å². The first-order valence-electron chi connectivity index (χ1n) is 21.7.